The highest BCUT2D eigenvalue weighted by Gasteiger charge is 2.07. The molecule has 0 aliphatic heterocycles. The number of nitrogens with zero attached hydrogens (tertiary/aromatic N) is 2. The smallest absolute Gasteiger partial charge is 0.161 e. The van der Waals surface area contributed by atoms with E-state index in [0.29, 0.717) is 16.0 Å². The summed E-state index contributed by atoms with van der Waals surface area (Å²) in [5, 5.41) is 1.10. The maximum Gasteiger partial charge on any atom is 0.161 e. The van der Waals surface area contributed by atoms with Gasteiger partial charge in [0.15, 0.2) is 5.82 Å². The number of rotatable bonds is 2. The number of halogens is 2. The van der Waals surface area contributed by atoms with Gasteiger partial charge in [-0.2, -0.15) is 0 Å². The lowest BCUT2D eigenvalue weighted by Crippen LogP contribution is -1.92. The highest BCUT2D eigenvalue weighted by molar-refractivity contribution is 6.30. The van der Waals surface area contributed by atoms with Crippen molar-refractivity contribution in [1.82, 2.24) is 9.97 Å². The van der Waals surface area contributed by atoms with Gasteiger partial charge in [0.05, 0.1) is 5.69 Å². The van der Waals surface area contributed by atoms with Crippen molar-refractivity contribution in [3.8, 4) is 22.6 Å². The first-order valence-electron chi connectivity index (χ1n) is 6.08. The van der Waals surface area contributed by atoms with Crippen LogP contribution in [0.25, 0.3) is 22.6 Å². The zero-order chi connectivity index (χ0) is 13.9. The topological polar surface area (TPSA) is 25.8 Å². The van der Waals surface area contributed by atoms with E-state index in [1.807, 2.05) is 54.6 Å². The molecule has 0 aliphatic carbocycles. The van der Waals surface area contributed by atoms with Gasteiger partial charge in [-0.1, -0.05) is 53.5 Å². The van der Waals surface area contributed by atoms with Gasteiger partial charge in [0.2, 0.25) is 0 Å². The maximum absolute atomic E-state index is 6.10. The van der Waals surface area contributed by atoms with E-state index in [1.54, 1.807) is 6.07 Å². The van der Waals surface area contributed by atoms with Crippen molar-refractivity contribution in [2.45, 2.75) is 0 Å². The van der Waals surface area contributed by atoms with Crippen LogP contribution in [-0.4, -0.2) is 9.97 Å². The van der Waals surface area contributed by atoms with E-state index < -0.39 is 0 Å². The largest absolute Gasteiger partial charge is 0.228 e. The molecule has 3 aromatic rings. The normalized spacial score (nSPS) is 10.5. The molecule has 0 N–H and O–H groups in total. The van der Waals surface area contributed by atoms with Gasteiger partial charge in [-0.3, -0.25) is 0 Å². The minimum absolute atomic E-state index is 0.420. The van der Waals surface area contributed by atoms with Crippen molar-refractivity contribution in [3.63, 3.8) is 0 Å². The zero-order valence-electron chi connectivity index (χ0n) is 10.4. The van der Waals surface area contributed by atoms with Gasteiger partial charge in [-0.25, -0.2) is 9.97 Å². The average molecular weight is 301 g/mol. The molecule has 98 valence electrons. The molecule has 0 fully saturated rings. The minimum atomic E-state index is 0.420. The Morgan fingerprint density at radius 2 is 1.40 bits per heavy atom. The monoisotopic (exact) mass is 300 g/mol. The molecule has 0 saturated carbocycles. The predicted molar refractivity (Wildman–Crippen MR) is 82.9 cm³/mol. The SMILES string of the molecule is Clc1ccc(-c2nc(Cl)cc(-c3ccccc3)n2)cc1. The molecule has 0 amide bonds. The highest BCUT2D eigenvalue weighted by Crippen LogP contribution is 2.24. The lowest BCUT2D eigenvalue weighted by atomic mass is 10.1. The van der Waals surface area contributed by atoms with Gasteiger partial charge in [-0.15, -0.1) is 0 Å². The molecule has 20 heavy (non-hydrogen) atoms. The Labute approximate surface area is 127 Å². The van der Waals surface area contributed by atoms with E-state index in [0.717, 1.165) is 16.8 Å². The average Bonchev–Trinajstić information content (AvgIpc) is 2.48. The molecule has 0 saturated heterocycles. The Kier molecular flexibility index (Phi) is 3.68. The van der Waals surface area contributed by atoms with Crippen molar-refractivity contribution in [3.05, 3.63) is 70.8 Å². The first-order valence-corrected chi connectivity index (χ1v) is 6.84. The van der Waals surface area contributed by atoms with Gasteiger partial charge in [-0.05, 0) is 24.3 Å². The second-order valence-corrected chi connectivity index (χ2v) is 5.10. The Morgan fingerprint density at radius 3 is 2.10 bits per heavy atom. The van der Waals surface area contributed by atoms with Crippen LogP contribution in [-0.2, 0) is 0 Å². The van der Waals surface area contributed by atoms with Crippen molar-refractivity contribution < 1.29 is 0 Å². The standard InChI is InChI=1S/C16H10Cl2N2/c17-13-8-6-12(7-9-13)16-19-14(10-15(18)20-16)11-4-2-1-3-5-11/h1-10H. The lowest BCUT2D eigenvalue weighted by Gasteiger charge is -2.05. The molecule has 0 bridgehead atoms. The predicted octanol–water partition coefficient (Wildman–Crippen LogP) is 5.12. The van der Waals surface area contributed by atoms with Gasteiger partial charge >= 0.3 is 0 Å². The van der Waals surface area contributed by atoms with Crippen LogP contribution >= 0.6 is 23.2 Å². The third-order valence-electron chi connectivity index (χ3n) is 2.87. The molecule has 0 atom stereocenters. The Balaban J connectivity index is 2.09. The fourth-order valence-electron chi connectivity index (χ4n) is 1.90. The van der Waals surface area contributed by atoms with Crippen LogP contribution in [0.3, 0.4) is 0 Å². The van der Waals surface area contributed by atoms with Crippen molar-refractivity contribution in [2.75, 3.05) is 0 Å². The molecule has 2 nitrogen and oxygen atoms in total. The molecule has 4 heteroatoms. The van der Waals surface area contributed by atoms with E-state index >= 15 is 0 Å². The number of hydrogen-bond donors (Lipinski definition) is 0. The zero-order valence-corrected chi connectivity index (χ0v) is 11.9. The minimum Gasteiger partial charge on any atom is -0.228 e. The fourth-order valence-corrected chi connectivity index (χ4v) is 2.21. The van der Waals surface area contributed by atoms with Crippen molar-refractivity contribution in [1.29, 1.82) is 0 Å². The summed E-state index contributed by atoms with van der Waals surface area (Å²) in [6, 6.07) is 19.0. The number of hydrogen-bond acceptors (Lipinski definition) is 2. The van der Waals surface area contributed by atoms with Crippen LogP contribution in [0.15, 0.2) is 60.7 Å². The first kappa shape index (κ1) is 13.1. The summed E-state index contributed by atoms with van der Waals surface area (Å²) in [4.78, 5) is 8.84. The third-order valence-corrected chi connectivity index (χ3v) is 3.31. The van der Waals surface area contributed by atoms with Crippen LogP contribution in [0, 0.1) is 0 Å². The number of benzene rings is 2. The molecule has 0 radical (unpaired) electrons. The quantitative estimate of drug-likeness (QED) is 0.614. The van der Waals surface area contributed by atoms with Crippen LogP contribution < -0.4 is 0 Å². The maximum atomic E-state index is 6.10. The summed E-state index contributed by atoms with van der Waals surface area (Å²) in [5.74, 6) is 0.591. The Hall–Kier alpha value is -1.90. The molecular formula is C16H10Cl2N2. The Bertz CT molecular complexity index is 725. The van der Waals surface area contributed by atoms with E-state index in [9.17, 15) is 0 Å². The van der Waals surface area contributed by atoms with Crippen LogP contribution in [0.2, 0.25) is 10.2 Å². The first-order chi connectivity index (χ1) is 9.72. The molecule has 0 aliphatic rings. The second-order valence-electron chi connectivity index (χ2n) is 4.27. The van der Waals surface area contributed by atoms with Gasteiger partial charge in [0, 0.05) is 22.2 Å². The van der Waals surface area contributed by atoms with Crippen LogP contribution in [0.1, 0.15) is 0 Å². The third kappa shape index (κ3) is 2.82. The van der Waals surface area contributed by atoms with E-state index in [2.05, 4.69) is 9.97 Å². The lowest BCUT2D eigenvalue weighted by molar-refractivity contribution is 1.18. The summed E-state index contributed by atoms with van der Waals surface area (Å²) in [7, 11) is 0. The summed E-state index contributed by atoms with van der Waals surface area (Å²) in [5.41, 5.74) is 2.69. The van der Waals surface area contributed by atoms with Gasteiger partial charge in [0.25, 0.3) is 0 Å². The van der Waals surface area contributed by atoms with Gasteiger partial charge < -0.3 is 0 Å². The second kappa shape index (κ2) is 5.61. The van der Waals surface area contributed by atoms with E-state index in [1.165, 1.54) is 0 Å². The highest BCUT2D eigenvalue weighted by atomic mass is 35.5. The molecule has 0 unspecified atom stereocenters. The summed E-state index contributed by atoms with van der Waals surface area (Å²) >= 11 is 12.0. The van der Waals surface area contributed by atoms with E-state index in [4.69, 9.17) is 23.2 Å². The molecule has 1 heterocycles. The van der Waals surface area contributed by atoms with Gasteiger partial charge in [0.1, 0.15) is 5.15 Å². The molecule has 0 spiro atoms. The summed E-state index contributed by atoms with van der Waals surface area (Å²) < 4.78 is 0. The fraction of sp³-hybridized carbons (Fsp3) is 0. The van der Waals surface area contributed by atoms with E-state index in [-0.39, 0.29) is 0 Å². The number of aromatic nitrogens is 2. The van der Waals surface area contributed by atoms with Crippen LogP contribution in [0.5, 0.6) is 0 Å². The Morgan fingerprint density at radius 1 is 0.700 bits per heavy atom. The molecule has 3 rings (SSSR count). The van der Waals surface area contributed by atoms with Crippen molar-refractivity contribution >= 4 is 23.2 Å². The summed E-state index contributed by atoms with van der Waals surface area (Å²) in [6.07, 6.45) is 0. The van der Waals surface area contributed by atoms with Crippen molar-refractivity contribution in [2.24, 2.45) is 0 Å². The molecule has 2 aromatic carbocycles. The summed E-state index contributed by atoms with van der Waals surface area (Å²) in [6.45, 7) is 0. The van der Waals surface area contributed by atoms with Crippen LogP contribution in [0.4, 0.5) is 0 Å². The molecule has 1 aromatic heterocycles. The molecular weight excluding hydrogens is 291 g/mol.